The lowest BCUT2D eigenvalue weighted by Crippen LogP contribution is -2.39. The molecule has 126 valence electrons. The maximum Gasteiger partial charge on any atom is 0.317 e. The minimum absolute atomic E-state index is 0.0280. The zero-order valence-corrected chi connectivity index (χ0v) is 14.6. The van der Waals surface area contributed by atoms with Crippen LogP contribution in [0.2, 0.25) is 0 Å². The van der Waals surface area contributed by atoms with Crippen LogP contribution in [0.4, 0.5) is 10.5 Å². The Labute approximate surface area is 144 Å². The summed E-state index contributed by atoms with van der Waals surface area (Å²) < 4.78 is 0. The molecule has 0 saturated heterocycles. The molecule has 0 atom stereocenters. The quantitative estimate of drug-likeness (QED) is 0.876. The van der Waals surface area contributed by atoms with Crippen LogP contribution in [0.15, 0.2) is 23.6 Å². The average Bonchev–Trinajstić information content (AvgIpc) is 3.18. The van der Waals surface area contributed by atoms with Crippen LogP contribution in [0.5, 0.6) is 0 Å². The van der Waals surface area contributed by atoms with Crippen LogP contribution in [-0.4, -0.2) is 34.9 Å². The van der Waals surface area contributed by atoms with Crippen molar-refractivity contribution in [1.82, 2.24) is 15.2 Å². The summed E-state index contributed by atoms with van der Waals surface area (Å²) in [5.41, 5.74) is 3.74. The lowest BCUT2D eigenvalue weighted by atomic mass is 10.1. The Balaban J connectivity index is 1.67. The van der Waals surface area contributed by atoms with Gasteiger partial charge in [-0.25, -0.2) is 9.78 Å². The standard InChI is InChI=1S/C17H20N4O2S/c1-3-21(4-2)17(23)18-9-16-20-14(10-24-16)11-5-6-13-12(7-11)8-15(22)19-13/h5-7,10H,3-4,8-9H2,1-2H3,(H,18,23)(H,19,22). The van der Waals surface area contributed by atoms with Gasteiger partial charge in [0.05, 0.1) is 18.7 Å². The molecule has 0 aliphatic carbocycles. The summed E-state index contributed by atoms with van der Waals surface area (Å²) in [7, 11) is 0. The van der Waals surface area contributed by atoms with Gasteiger partial charge >= 0.3 is 6.03 Å². The number of urea groups is 1. The second-order valence-electron chi connectivity index (χ2n) is 5.55. The lowest BCUT2D eigenvalue weighted by Gasteiger charge is -2.18. The number of carbonyl (C=O) groups excluding carboxylic acids is 2. The summed E-state index contributed by atoms with van der Waals surface area (Å²) in [5, 5.41) is 8.56. The highest BCUT2D eigenvalue weighted by Crippen LogP contribution is 2.29. The van der Waals surface area contributed by atoms with E-state index in [1.54, 1.807) is 4.90 Å². The van der Waals surface area contributed by atoms with Gasteiger partial charge in [-0.1, -0.05) is 6.07 Å². The van der Waals surface area contributed by atoms with Gasteiger partial charge < -0.3 is 15.5 Å². The minimum atomic E-state index is -0.0705. The fraction of sp³-hybridized carbons (Fsp3) is 0.353. The smallest absolute Gasteiger partial charge is 0.317 e. The third-order valence-electron chi connectivity index (χ3n) is 4.02. The van der Waals surface area contributed by atoms with Crippen LogP contribution in [0.1, 0.15) is 24.4 Å². The van der Waals surface area contributed by atoms with Gasteiger partial charge in [-0.15, -0.1) is 11.3 Å². The molecule has 2 aromatic rings. The molecule has 1 aliphatic heterocycles. The number of rotatable bonds is 5. The number of thiazole rings is 1. The lowest BCUT2D eigenvalue weighted by molar-refractivity contribution is -0.115. The predicted octanol–water partition coefficient (Wildman–Crippen LogP) is 2.86. The molecule has 2 N–H and O–H groups in total. The number of nitrogens with zero attached hydrogens (tertiary/aromatic N) is 2. The van der Waals surface area contributed by atoms with E-state index < -0.39 is 0 Å². The molecule has 6 nitrogen and oxygen atoms in total. The first-order valence-electron chi connectivity index (χ1n) is 8.01. The molecule has 0 unspecified atom stereocenters. The third-order valence-corrected chi connectivity index (χ3v) is 4.87. The summed E-state index contributed by atoms with van der Waals surface area (Å²) in [6, 6.07) is 5.80. The molecule has 0 spiro atoms. The van der Waals surface area contributed by atoms with Crippen molar-refractivity contribution in [2.75, 3.05) is 18.4 Å². The van der Waals surface area contributed by atoms with Gasteiger partial charge in [0.25, 0.3) is 0 Å². The van der Waals surface area contributed by atoms with Gasteiger partial charge in [0.2, 0.25) is 5.91 Å². The Morgan fingerprint density at radius 3 is 2.92 bits per heavy atom. The van der Waals surface area contributed by atoms with E-state index >= 15 is 0 Å². The molecule has 0 fully saturated rings. The Morgan fingerprint density at radius 2 is 2.17 bits per heavy atom. The van der Waals surface area contributed by atoms with Gasteiger partial charge in [0, 0.05) is 29.7 Å². The molecule has 7 heteroatoms. The van der Waals surface area contributed by atoms with Gasteiger partial charge in [0.15, 0.2) is 0 Å². The zero-order chi connectivity index (χ0) is 17.1. The first kappa shape index (κ1) is 16.4. The number of aromatic nitrogens is 1. The summed E-state index contributed by atoms with van der Waals surface area (Å²) in [4.78, 5) is 29.7. The van der Waals surface area contributed by atoms with Gasteiger partial charge in [-0.3, -0.25) is 4.79 Å². The Hall–Kier alpha value is -2.41. The number of benzene rings is 1. The summed E-state index contributed by atoms with van der Waals surface area (Å²) >= 11 is 1.52. The number of fused-ring (bicyclic) bond motifs is 1. The summed E-state index contributed by atoms with van der Waals surface area (Å²) in [5.74, 6) is 0.0280. The number of hydrogen-bond donors (Lipinski definition) is 2. The van der Waals surface area contributed by atoms with E-state index in [0.717, 1.165) is 27.5 Å². The topological polar surface area (TPSA) is 74.3 Å². The van der Waals surface area contributed by atoms with Gasteiger partial charge in [0.1, 0.15) is 5.01 Å². The molecule has 3 amide bonds. The zero-order valence-electron chi connectivity index (χ0n) is 13.8. The summed E-state index contributed by atoms with van der Waals surface area (Å²) in [6.07, 6.45) is 0.417. The van der Waals surface area contributed by atoms with E-state index in [0.29, 0.717) is 26.1 Å². The Morgan fingerprint density at radius 1 is 1.38 bits per heavy atom. The number of anilines is 1. The van der Waals surface area contributed by atoms with Crippen molar-refractivity contribution in [3.63, 3.8) is 0 Å². The predicted molar refractivity (Wildman–Crippen MR) is 95.0 cm³/mol. The first-order valence-corrected chi connectivity index (χ1v) is 8.89. The molecule has 0 radical (unpaired) electrons. The Kier molecular flexibility index (Phi) is 4.80. The molecule has 24 heavy (non-hydrogen) atoms. The van der Waals surface area contributed by atoms with Crippen LogP contribution in [0.3, 0.4) is 0 Å². The van der Waals surface area contributed by atoms with Gasteiger partial charge in [-0.2, -0.15) is 0 Å². The van der Waals surface area contributed by atoms with E-state index in [1.165, 1.54) is 11.3 Å². The highest BCUT2D eigenvalue weighted by atomic mass is 32.1. The molecule has 1 aromatic heterocycles. The largest absolute Gasteiger partial charge is 0.331 e. The number of nitrogens with one attached hydrogen (secondary N) is 2. The molecule has 1 aromatic carbocycles. The van der Waals surface area contributed by atoms with Crippen molar-refractivity contribution >= 4 is 29.0 Å². The fourth-order valence-electron chi connectivity index (χ4n) is 2.69. The average molecular weight is 344 g/mol. The minimum Gasteiger partial charge on any atom is -0.331 e. The normalized spacial score (nSPS) is 12.7. The van der Waals surface area contributed by atoms with Crippen molar-refractivity contribution in [3.8, 4) is 11.3 Å². The highest BCUT2D eigenvalue weighted by Gasteiger charge is 2.18. The maximum atomic E-state index is 12.0. The van der Waals surface area contributed by atoms with Crippen LogP contribution in [0.25, 0.3) is 11.3 Å². The van der Waals surface area contributed by atoms with Crippen molar-refractivity contribution < 1.29 is 9.59 Å². The van der Waals surface area contributed by atoms with E-state index in [2.05, 4.69) is 15.6 Å². The molecule has 0 bridgehead atoms. The second-order valence-corrected chi connectivity index (χ2v) is 6.50. The van der Waals surface area contributed by atoms with E-state index in [4.69, 9.17) is 0 Å². The molecular formula is C17H20N4O2S. The molecule has 2 heterocycles. The van der Waals surface area contributed by atoms with Crippen LogP contribution < -0.4 is 10.6 Å². The van der Waals surface area contributed by atoms with Crippen LogP contribution >= 0.6 is 11.3 Å². The summed E-state index contributed by atoms with van der Waals surface area (Å²) in [6.45, 7) is 5.71. The molecule has 1 aliphatic rings. The maximum absolute atomic E-state index is 12.0. The van der Waals surface area contributed by atoms with Crippen LogP contribution in [-0.2, 0) is 17.8 Å². The monoisotopic (exact) mass is 344 g/mol. The van der Waals surface area contributed by atoms with E-state index in [1.807, 2.05) is 37.4 Å². The molecule has 3 rings (SSSR count). The second kappa shape index (κ2) is 7.00. The number of carbonyl (C=O) groups is 2. The van der Waals surface area contributed by atoms with Crippen LogP contribution in [0, 0.1) is 0 Å². The highest BCUT2D eigenvalue weighted by molar-refractivity contribution is 7.09. The first-order chi connectivity index (χ1) is 11.6. The fourth-order valence-corrected chi connectivity index (χ4v) is 3.43. The van der Waals surface area contributed by atoms with Crippen molar-refractivity contribution in [3.05, 3.63) is 34.2 Å². The van der Waals surface area contributed by atoms with Crippen molar-refractivity contribution in [2.24, 2.45) is 0 Å². The molecule has 0 saturated carbocycles. The third kappa shape index (κ3) is 3.41. The number of hydrogen-bond acceptors (Lipinski definition) is 4. The van der Waals surface area contributed by atoms with E-state index in [-0.39, 0.29) is 11.9 Å². The molecular weight excluding hydrogens is 324 g/mol. The SMILES string of the molecule is CCN(CC)C(=O)NCc1nc(-c2ccc3c(c2)CC(=O)N3)cs1. The Bertz CT molecular complexity index is 768. The number of amides is 3. The van der Waals surface area contributed by atoms with Gasteiger partial charge in [-0.05, 0) is 31.5 Å². The van der Waals surface area contributed by atoms with E-state index in [9.17, 15) is 9.59 Å². The van der Waals surface area contributed by atoms with Crippen molar-refractivity contribution in [1.29, 1.82) is 0 Å². The van der Waals surface area contributed by atoms with Crippen molar-refractivity contribution in [2.45, 2.75) is 26.8 Å².